The first kappa shape index (κ1) is 25.6. The van der Waals surface area contributed by atoms with Gasteiger partial charge in [-0.15, -0.1) is 0 Å². The largest absolute Gasteiger partial charge is 0.494 e. The van der Waals surface area contributed by atoms with Crippen molar-refractivity contribution in [2.24, 2.45) is 0 Å². The van der Waals surface area contributed by atoms with E-state index < -0.39 is 5.97 Å². The summed E-state index contributed by atoms with van der Waals surface area (Å²) in [6.07, 6.45) is 2.27. The second-order valence-corrected chi connectivity index (χ2v) is 8.77. The summed E-state index contributed by atoms with van der Waals surface area (Å²) in [5.74, 6) is 0.00999. The third-order valence-electron chi connectivity index (χ3n) is 5.67. The van der Waals surface area contributed by atoms with Gasteiger partial charge in [-0.2, -0.15) is 0 Å². The Bertz CT molecular complexity index is 1390. The first-order chi connectivity index (χ1) is 17.9. The van der Waals surface area contributed by atoms with Crippen LogP contribution in [0.2, 0.25) is 0 Å². The first-order valence-electron chi connectivity index (χ1n) is 11.9. The van der Waals surface area contributed by atoms with Crippen LogP contribution >= 0.6 is 0 Å². The number of nitrogens with zero attached hydrogens (tertiary/aromatic N) is 3. The number of fused-ring (bicyclic) bond motifs is 1. The second kappa shape index (κ2) is 12.0. The molecule has 0 saturated heterocycles. The smallest absolute Gasteiger partial charge is 0.337 e. The van der Waals surface area contributed by atoms with Crippen molar-refractivity contribution in [2.45, 2.75) is 13.0 Å². The van der Waals surface area contributed by atoms with E-state index in [4.69, 9.17) is 4.74 Å². The molecule has 0 aliphatic heterocycles. The van der Waals surface area contributed by atoms with Crippen molar-refractivity contribution >= 4 is 34.3 Å². The van der Waals surface area contributed by atoms with Crippen LogP contribution in [0.15, 0.2) is 73.1 Å². The van der Waals surface area contributed by atoms with E-state index in [2.05, 4.69) is 25.5 Å². The van der Waals surface area contributed by atoms with Gasteiger partial charge in [-0.25, -0.2) is 14.8 Å². The number of rotatable bonds is 11. The molecule has 0 spiro atoms. The third-order valence-corrected chi connectivity index (χ3v) is 5.67. The molecule has 0 bridgehead atoms. The maximum absolute atomic E-state index is 12.7. The summed E-state index contributed by atoms with van der Waals surface area (Å²) >= 11 is 0. The summed E-state index contributed by atoms with van der Waals surface area (Å²) in [6, 6.07) is 19.5. The van der Waals surface area contributed by atoms with Crippen molar-refractivity contribution in [3.8, 4) is 5.75 Å². The highest BCUT2D eigenvalue weighted by molar-refractivity contribution is 6.05. The van der Waals surface area contributed by atoms with Crippen molar-refractivity contribution in [3.05, 3.63) is 89.7 Å². The predicted molar refractivity (Wildman–Crippen MR) is 143 cm³/mol. The Balaban J connectivity index is 1.37. The van der Waals surface area contributed by atoms with Crippen LogP contribution in [-0.2, 0) is 6.54 Å². The van der Waals surface area contributed by atoms with Gasteiger partial charge in [0.1, 0.15) is 17.9 Å². The Kier molecular flexibility index (Phi) is 8.27. The molecule has 9 heteroatoms. The van der Waals surface area contributed by atoms with Crippen molar-refractivity contribution in [2.75, 3.05) is 37.9 Å². The van der Waals surface area contributed by atoms with Gasteiger partial charge in [-0.3, -0.25) is 4.79 Å². The van der Waals surface area contributed by atoms with E-state index in [1.807, 2.05) is 38.4 Å². The average Bonchev–Trinajstić information content (AvgIpc) is 2.90. The number of carboxylic acid groups (broad SMARTS) is 1. The van der Waals surface area contributed by atoms with Crippen LogP contribution in [-0.4, -0.2) is 59.1 Å². The SMILES string of the molecule is CN(C)CCCOc1ccc(C(=O)Nc2cccc(CNc3ncnc4c(C(=O)O)cccc34)c2)cc1. The van der Waals surface area contributed by atoms with Crippen LogP contribution in [0.1, 0.15) is 32.7 Å². The fourth-order valence-electron chi connectivity index (χ4n) is 3.82. The molecule has 9 nitrogen and oxygen atoms in total. The number of hydrogen-bond donors (Lipinski definition) is 3. The van der Waals surface area contributed by atoms with Gasteiger partial charge in [0.05, 0.1) is 17.7 Å². The van der Waals surface area contributed by atoms with Gasteiger partial charge in [-0.1, -0.05) is 18.2 Å². The molecule has 0 fully saturated rings. The molecule has 0 atom stereocenters. The molecule has 3 N–H and O–H groups in total. The van der Waals surface area contributed by atoms with Gasteiger partial charge < -0.3 is 25.4 Å². The summed E-state index contributed by atoms with van der Waals surface area (Å²) in [5, 5.41) is 16.2. The fraction of sp³-hybridized carbons (Fsp3) is 0.214. The molecule has 0 radical (unpaired) electrons. The first-order valence-corrected chi connectivity index (χ1v) is 11.9. The fourth-order valence-corrected chi connectivity index (χ4v) is 3.82. The molecule has 3 aromatic carbocycles. The Morgan fingerprint density at radius 1 is 1.00 bits per heavy atom. The molecule has 4 aromatic rings. The zero-order valence-corrected chi connectivity index (χ0v) is 20.8. The van der Waals surface area contributed by atoms with Gasteiger partial charge in [-0.05, 0) is 74.6 Å². The zero-order valence-electron chi connectivity index (χ0n) is 20.8. The highest BCUT2D eigenvalue weighted by Gasteiger charge is 2.12. The molecular weight excluding hydrogens is 470 g/mol. The van der Waals surface area contributed by atoms with E-state index in [0.717, 1.165) is 24.3 Å². The minimum Gasteiger partial charge on any atom is -0.494 e. The summed E-state index contributed by atoms with van der Waals surface area (Å²) < 4.78 is 5.73. The lowest BCUT2D eigenvalue weighted by atomic mass is 10.1. The van der Waals surface area contributed by atoms with Gasteiger partial charge in [0.15, 0.2) is 0 Å². The van der Waals surface area contributed by atoms with Gasteiger partial charge in [0.25, 0.3) is 5.91 Å². The molecular formula is C28H29N5O4. The van der Waals surface area contributed by atoms with Gasteiger partial charge >= 0.3 is 5.97 Å². The molecule has 4 rings (SSSR count). The van der Waals surface area contributed by atoms with Crippen LogP contribution in [0.4, 0.5) is 11.5 Å². The van der Waals surface area contributed by atoms with Crippen LogP contribution in [0.5, 0.6) is 5.75 Å². The number of ether oxygens (including phenoxy) is 1. The van der Waals surface area contributed by atoms with Gasteiger partial charge in [0, 0.05) is 29.7 Å². The number of anilines is 2. The zero-order chi connectivity index (χ0) is 26.2. The van der Waals surface area contributed by atoms with E-state index in [1.54, 1.807) is 36.4 Å². The van der Waals surface area contributed by atoms with Crippen LogP contribution < -0.4 is 15.4 Å². The molecule has 1 heterocycles. The minimum atomic E-state index is -1.04. The lowest BCUT2D eigenvalue weighted by Crippen LogP contribution is -2.15. The molecule has 0 saturated carbocycles. The maximum Gasteiger partial charge on any atom is 0.337 e. The summed E-state index contributed by atoms with van der Waals surface area (Å²) in [4.78, 5) is 34.8. The number of carbonyl (C=O) groups excluding carboxylic acids is 1. The predicted octanol–water partition coefficient (Wildman–Crippen LogP) is 4.52. The van der Waals surface area contributed by atoms with E-state index in [9.17, 15) is 14.7 Å². The Morgan fingerprint density at radius 2 is 1.78 bits per heavy atom. The lowest BCUT2D eigenvalue weighted by molar-refractivity contribution is 0.0698. The number of aromatic carboxylic acids is 1. The summed E-state index contributed by atoms with van der Waals surface area (Å²) in [5.41, 5.74) is 2.61. The molecule has 1 amide bonds. The van der Waals surface area contributed by atoms with E-state index >= 15 is 0 Å². The molecule has 0 unspecified atom stereocenters. The Hall–Kier alpha value is -4.50. The lowest BCUT2D eigenvalue weighted by Gasteiger charge is -2.12. The number of hydrogen-bond acceptors (Lipinski definition) is 7. The Labute approximate surface area is 215 Å². The normalized spacial score (nSPS) is 10.9. The van der Waals surface area contributed by atoms with Crippen molar-refractivity contribution in [1.82, 2.24) is 14.9 Å². The number of amides is 1. The molecule has 190 valence electrons. The average molecular weight is 500 g/mol. The van der Waals surface area contributed by atoms with Crippen molar-refractivity contribution in [1.29, 1.82) is 0 Å². The highest BCUT2D eigenvalue weighted by Crippen LogP contribution is 2.23. The van der Waals surface area contributed by atoms with Crippen LogP contribution in [0.25, 0.3) is 10.9 Å². The molecule has 37 heavy (non-hydrogen) atoms. The van der Waals surface area contributed by atoms with Crippen molar-refractivity contribution < 1.29 is 19.4 Å². The molecule has 0 aliphatic rings. The number of para-hydroxylation sites is 1. The second-order valence-electron chi connectivity index (χ2n) is 8.77. The van der Waals surface area contributed by atoms with Crippen molar-refractivity contribution in [3.63, 3.8) is 0 Å². The highest BCUT2D eigenvalue weighted by atomic mass is 16.5. The van der Waals surface area contributed by atoms with E-state index in [-0.39, 0.29) is 11.5 Å². The maximum atomic E-state index is 12.7. The molecule has 1 aromatic heterocycles. The summed E-state index contributed by atoms with van der Waals surface area (Å²) in [7, 11) is 4.05. The number of benzene rings is 3. The minimum absolute atomic E-state index is 0.122. The molecule has 0 aliphatic carbocycles. The van der Waals surface area contributed by atoms with Crippen LogP contribution in [0, 0.1) is 0 Å². The number of carbonyl (C=O) groups is 2. The Morgan fingerprint density at radius 3 is 2.54 bits per heavy atom. The van der Waals surface area contributed by atoms with E-state index in [1.165, 1.54) is 12.4 Å². The van der Waals surface area contributed by atoms with Gasteiger partial charge in [0.2, 0.25) is 0 Å². The number of nitrogens with one attached hydrogen (secondary N) is 2. The number of aromatic nitrogens is 2. The monoisotopic (exact) mass is 499 g/mol. The van der Waals surface area contributed by atoms with Crippen LogP contribution in [0.3, 0.4) is 0 Å². The topological polar surface area (TPSA) is 117 Å². The standard InChI is InChI=1S/C28H29N5O4/c1-33(2)14-5-15-37-22-12-10-20(11-13-22)27(34)32-21-7-3-6-19(16-21)17-29-26-23-8-4-9-24(28(35)36)25(23)30-18-31-26/h3-4,6-13,16,18H,5,14-15,17H2,1-2H3,(H,32,34)(H,35,36)(H,29,30,31). The quantitative estimate of drug-likeness (QED) is 0.258. The third kappa shape index (κ3) is 6.80. The van der Waals surface area contributed by atoms with E-state index in [0.29, 0.717) is 41.1 Å². The number of carboxylic acids is 1. The summed E-state index contributed by atoms with van der Waals surface area (Å²) in [6.45, 7) is 2.00.